The summed E-state index contributed by atoms with van der Waals surface area (Å²) < 4.78 is 21.5. The molecule has 12 heteroatoms. The van der Waals surface area contributed by atoms with Crippen LogP contribution in [0, 0.1) is 0 Å². The highest BCUT2D eigenvalue weighted by Gasteiger charge is 2.29. The van der Waals surface area contributed by atoms with E-state index >= 15 is 0 Å². The summed E-state index contributed by atoms with van der Waals surface area (Å²) in [6.45, 7) is 1.90. The first kappa shape index (κ1) is 26.3. The monoisotopic (exact) mass is 536 g/mol. The van der Waals surface area contributed by atoms with Crippen molar-refractivity contribution in [3.05, 3.63) is 42.0 Å². The Balaban J connectivity index is 1.34. The Labute approximate surface area is 226 Å². The number of nitrogens with one attached hydrogen (secondary N) is 1. The van der Waals surface area contributed by atoms with Gasteiger partial charge in [0, 0.05) is 18.2 Å². The van der Waals surface area contributed by atoms with Crippen LogP contribution in [0.25, 0.3) is 11.4 Å². The molecule has 1 aliphatic heterocycles. The van der Waals surface area contributed by atoms with Gasteiger partial charge in [0.1, 0.15) is 12.6 Å². The minimum atomic E-state index is -0.711. The van der Waals surface area contributed by atoms with Gasteiger partial charge in [0.05, 0.1) is 14.2 Å². The zero-order valence-electron chi connectivity index (χ0n) is 22.3. The number of rotatable bonds is 10. The number of fused-ring (bicyclic) bond motifs is 1. The second-order valence-corrected chi connectivity index (χ2v) is 9.59. The van der Waals surface area contributed by atoms with E-state index in [-0.39, 0.29) is 37.7 Å². The van der Waals surface area contributed by atoms with E-state index in [4.69, 9.17) is 18.9 Å². The molecule has 2 heterocycles. The molecule has 2 amide bonds. The van der Waals surface area contributed by atoms with Crippen LogP contribution in [-0.4, -0.2) is 70.0 Å². The summed E-state index contributed by atoms with van der Waals surface area (Å²) in [5.74, 6) is 2.19. The predicted octanol–water partition coefficient (Wildman–Crippen LogP) is 2.56. The summed E-state index contributed by atoms with van der Waals surface area (Å²) in [7, 11) is 3.10. The number of methoxy groups -OCH3 is 2. The fraction of sp³-hybridized carbons (Fsp3) is 0.444. The molecular weight excluding hydrogens is 504 g/mol. The maximum Gasteiger partial charge on any atom is 0.247 e. The molecule has 1 atom stereocenters. The first-order chi connectivity index (χ1) is 18.9. The van der Waals surface area contributed by atoms with Crippen LogP contribution in [0.5, 0.6) is 23.0 Å². The molecule has 0 radical (unpaired) electrons. The second-order valence-electron chi connectivity index (χ2n) is 9.59. The van der Waals surface area contributed by atoms with E-state index in [1.54, 1.807) is 45.4 Å². The average molecular weight is 537 g/mol. The third kappa shape index (κ3) is 5.89. The van der Waals surface area contributed by atoms with E-state index in [0.29, 0.717) is 34.4 Å². The molecule has 3 aromatic rings. The normalized spacial score (nSPS) is 15.2. The molecule has 1 saturated carbocycles. The van der Waals surface area contributed by atoms with E-state index in [1.165, 1.54) is 9.70 Å². The Morgan fingerprint density at radius 1 is 1.08 bits per heavy atom. The lowest BCUT2D eigenvalue weighted by Gasteiger charge is -2.29. The summed E-state index contributed by atoms with van der Waals surface area (Å²) in [4.78, 5) is 29.5. The molecule has 1 aromatic heterocycles. The lowest BCUT2D eigenvalue weighted by atomic mass is 10.1. The van der Waals surface area contributed by atoms with Crippen molar-refractivity contribution in [2.75, 3.05) is 21.0 Å². The van der Waals surface area contributed by atoms with E-state index in [1.807, 2.05) is 12.1 Å². The van der Waals surface area contributed by atoms with Gasteiger partial charge < -0.3 is 29.2 Å². The maximum atomic E-state index is 13.6. The zero-order valence-corrected chi connectivity index (χ0v) is 22.3. The van der Waals surface area contributed by atoms with Gasteiger partial charge in [-0.1, -0.05) is 18.9 Å². The van der Waals surface area contributed by atoms with Crippen LogP contribution in [0.3, 0.4) is 0 Å². The van der Waals surface area contributed by atoms with Gasteiger partial charge in [-0.15, -0.1) is 10.2 Å². The number of carbonyl (C=O) groups is 2. The highest BCUT2D eigenvalue weighted by atomic mass is 16.7. The van der Waals surface area contributed by atoms with E-state index in [0.717, 1.165) is 31.2 Å². The van der Waals surface area contributed by atoms with E-state index in [2.05, 4.69) is 20.7 Å². The molecule has 5 rings (SSSR count). The van der Waals surface area contributed by atoms with Crippen LogP contribution < -0.4 is 24.3 Å². The van der Waals surface area contributed by atoms with Gasteiger partial charge in [0.15, 0.2) is 23.0 Å². The number of ether oxygens (including phenoxy) is 4. The smallest absolute Gasteiger partial charge is 0.247 e. The SMILES string of the molecule is COc1ccc(-c2nnn(CC(=O)N(Cc3ccc4c(c3)OCO4)C(C)C(=O)NC3CCCC3)n2)cc1OC. The van der Waals surface area contributed by atoms with Crippen molar-refractivity contribution in [3.63, 3.8) is 0 Å². The number of nitrogens with zero attached hydrogens (tertiary/aromatic N) is 5. The molecule has 2 aromatic carbocycles. The number of hydrogen-bond donors (Lipinski definition) is 1. The van der Waals surface area contributed by atoms with E-state index in [9.17, 15) is 9.59 Å². The van der Waals surface area contributed by atoms with Crippen molar-refractivity contribution in [2.24, 2.45) is 0 Å². The molecule has 1 unspecified atom stereocenters. The van der Waals surface area contributed by atoms with Gasteiger partial charge in [0.2, 0.25) is 24.4 Å². The summed E-state index contributed by atoms with van der Waals surface area (Å²) in [5.41, 5.74) is 1.47. The highest BCUT2D eigenvalue weighted by molar-refractivity contribution is 5.87. The van der Waals surface area contributed by atoms with Gasteiger partial charge in [-0.2, -0.15) is 4.80 Å². The molecule has 1 aliphatic carbocycles. The topological polar surface area (TPSA) is 130 Å². The van der Waals surface area contributed by atoms with Gasteiger partial charge in [0.25, 0.3) is 0 Å². The number of benzene rings is 2. The molecule has 2 aliphatic rings. The van der Waals surface area contributed by atoms with Gasteiger partial charge in [-0.25, -0.2) is 0 Å². The predicted molar refractivity (Wildman–Crippen MR) is 139 cm³/mol. The molecule has 0 saturated heterocycles. The van der Waals surface area contributed by atoms with Crippen molar-refractivity contribution in [1.82, 2.24) is 30.4 Å². The molecule has 206 valence electrons. The van der Waals surface area contributed by atoms with Crippen LogP contribution in [-0.2, 0) is 22.7 Å². The van der Waals surface area contributed by atoms with Crippen molar-refractivity contribution >= 4 is 11.8 Å². The second kappa shape index (κ2) is 11.6. The summed E-state index contributed by atoms with van der Waals surface area (Å²) >= 11 is 0. The molecule has 39 heavy (non-hydrogen) atoms. The molecular formula is C27H32N6O6. The van der Waals surface area contributed by atoms with Gasteiger partial charge in [-0.3, -0.25) is 9.59 Å². The zero-order chi connectivity index (χ0) is 27.4. The number of carbonyl (C=O) groups excluding carboxylic acids is 2. The minimum absolute atomic E-state index is 0.142. The summed E-state index contributed by atoms with van der Waals surface area (Å²) in [5, 5.41) is 15.7. The molecule has 0 spiro atoms. The average Bonchev–Trinajstić information content (AvgIpc) is 3.73. The van der Waals surface area contributed by atoms with Crippen molar-refractivity contribution in [3.8, 4) is 34.4 Å². The van der Waals surface area contributed by atoms with Crippen LogP contribution in [0.4, 0.5) is 0 Å². The molecule has 12 nitrogen and oxygen atoms in total. The maximum absolute atomic E-state index is 13.6. The van der Waals surface area contributed by atoms with Crippen LogP contribution >= 0.6 is 0 Å². The summed E-state index contributed by atoms with van der Waals surface area (Å²) in [6, 6.07) is 10.2. The number of aromatic nitrogens is 4. The number of amides is 2. The third-order valence-corrected chi connectivity index (χ3v) is 7.03. The van der Waals surface area contributed by atoms with Crippen molar-refractivity contribution in [1.29, 1.82) is 0 Å². The Morgan fingerprint density at radius 2 is 1.85 bits per heavy atom. The Hall–Kier alpha value is -4.35. The third-order valence-electron chi connectivity index (χ3n) is 7.03. The van der Waals surface area contributed by atoms with Gasteiger partial charge in [-0.05, 0) is 60.9 Å². The minimum Gasteiger partial charge on any atom is -0.493 e. The lowest BCUT2D eigenvalue weighted by Crippen LogP contribution is -2.50. The quantitative estimate of drug-likeness (QED) is 0.415. The van der Waals surface area contributed by atoms with Crippen molar-refractivity contribution in [2.45, 2.75) is 57.8 Å². The lowest BCUT2D eigenvalue weighted by molar-refractivity contribution is -0.141. The highest BCUT2D eigenvalue weighted by Crippen LogP contribution is 2.33. The fourth-order valence-corrected chi connectivity index (χ4v) is 4.82. The largest absolute Gasteiger partial charge is 0.493 e. The molecule has 1 fully saturated rings. The van der Waals surface area contributed by atoms with Crippen LogP contribution in [0.1, 0.15) is 38.2 Å². The fourth-order valence-electron chi connectivity index (χ4n) is 4.82. The standard InChI is InChI=1S/C27H32N6O6/c1-17(27(35)28-20-6-4-5-7-20)32(14-18-8-10-22-24(12-18)39-16-38-22)25(34)15-33-30-26(29-31-33)19-9-11-21(36-2)23(13-19)37-3/h8-13,17,20H,4-7,14-16H2,1-3H3,(H,28,35). The number of tetrazole rings is 1. The van der Waals surface area contributed by atoms with Crippen LogP contribution in [0.15, 0.2) is 36.4 Å². The Kier molecular flexibility index (Phi) is 7.80. The Morgan fingerprint density at radius 3 is 2.62 bits per heavy atom. The van der Waals surface area contributed by atoms with Gasteiger partial charge >= 0.3 is 0 Å². The summed E-state index contributed by atoms with van der Waals surface area (Å²) in [6.07, 6.45) is 4.10. The van der Waals surface area contributed by atoms with Crippen LogP contribution in [0.2, 0.25) is 0 Å². The number of hydrogen-bond acceptors (Lipinski definition) is 9. The molecule has 0 bridgehead atoms. The first-order valence-corrected chi connectivity index (χ1v) is 12.9. The Bertz CT molecular complexity index is 1340. The van der Waals surface area contributed by atoms with Crippen molar-refractivity contribution < 1.29 is 28.5 Å². The van der Waals surface area contributed by atoms with E-state index < -0.39 is 6.04 Å². The molecule has 1 N–H and O–H groups in total. The first-order valence-electron chi connectivity index (χ1n) is 12.9.